The van der Waals surface area contributed by atoms with Crippen molar-refractivity contribution in [2.45, 2.75) is 39.2 Å². The number of nitrogens with one attached hydrogen (secondary N) is 3. The van der Waals surface area contributed by atoms with Gasteiger partial charge < -0.3 is 16.0 Å². The van der Waals surface area contributed by atoms with E-state index in [9.17, 15) is 9.59 Å². The summed E-state index contributed by atoms with van der Waals surface area (Å²) < 4.78 is 0. The summed E-state index contributed by atoms with van der Waals surface area (Å²) in [6, 6.07) is 7.04. The minimum atomic E-state index is -0.214. The molecule has 1 aromatic carbocycles. The molecule has 1 fully saturated rings. The molecule has 1 saturated heterocycles. The van der Waals surface area contributed by atoms with Crippen molar-refractivity contribution in [3.63, 3.8) is 0 Å². The lowest BCUT2D eigenvalue weighted by Crippen LogP contribution is -2.48. The van der Waals surface area contributed by atoms with Gasteiger partial charge in [0.25, 0.3) is 5.91 Å². The van der Waals surface area contributed by atoms with E-state index in [2.05, 4.69) is 41.3 Å². The normalized spacial score (nSPS) is 17.4. The predicted molar refractivity (Wildman–Crippen MR) is 110 cm³/mol. The van der Waals surface area contributed by atoms with E-state index >= 15 is 0 Å². The van der Waals surface area contributed by atoms with Gasteiger partial charge in [0.15, 0.2) is 0 Å². The number of likely N-dealkylation sites (tertiary alicyclic amines) is 1. The van der Waals surface area contributed by atoms with E-state index in [4.69, 9.17) is 0 Å². The first-order valence-corrected chi connectivity index (χ1v) is 9.77. The highest BCUT2D eigenvalue weighted by atomic mass is 16.2. The van der Waals surface area contributed by atoms with Crippen LogP contribution in [0.25, 0.3) is 0 Å². The fourth-order valence-electron chi connectivity index (χ4n) is 3.36. The highest BCUT2D eigenvalue weighted by molar-refractivity contribution is 5.95. The van der Waals surface area contributed by atoms with E-state index in [-0.39, 0.29) is 11.9 Å². The largest absolute Gasteiger partial charge is 0.349 e. The number of carbonyl (C=O) groups is 2. The molecule has 3 amide bonds. The van der Waals surface area contributed by atoms with Gasteiger partial charge in [-0.15, -0.1) is 6.58 Å². The summed E-state index contributed by atoms with van der Waals surface area (Å²) in [5.41, 5.74) is 1.21. The molecule has 1 aliphatic heterocycles. The molecule has 0 saturated carbocycles. The second kappa shape index (κ2) is 10.7. The molecule has 6 nitrogen and oxygen atoms in total. The summed E-state index contributed by atoms with van der Waals surface area (Å²) in [6.45, 7) is 11.3. The van der Waals surface area contributed by atoms with E-state index in [0.717, 1.165) is 19.5 Å². The number of nitrogens with zero attached hydrogens (tertiary/aromatic N) is 1. The van der Waals surface area contributed by atoms with Gasteiger partial charge in [-0.2, -0.15) is 0 Å². The molecule has 0 spiro atoms. The number of piperidine rings is 1. The van der Waals surface area contributed by atoms with Gasteiger partial charge in [0.1, 0.15) is 0 Å². The second-order valence-corrected chi connectivity index (χ2v) is 7.45. The Balaban J connectivity index is 1.81. The fourth-order valence-corrected chi connectivity index (χ4v) is 3.36. The van der Waals surface area contributed by atoms with E-state index in [1.807, 2.05) is 0 Å². The van der Waals surface area contributed by atoms with Crippen LogP contribution in [0.15, 0.2) is 36.9 Å². The van der Waals surface area contributed by atoms with E-state index in [1.54, 1.807) is 30.3 Å². The molecule has 27 heavy (non-hydrogen) atoms. The molecule has 0 aliphatic carbocycles. The third kappa shape index (κ3) is 7.06. The molecule has 3 N–H and O–H groups in total. The fraction of sp³-hybridized carbons (Fsp3) is 0.524. The standard InChI is InChI=1S/C21H32N4O2/c1-4-12-22-20(26)17-8-10-18(11-9-17)24-21(27)23-14-19-7-5-6-13-25(19)15-16(2)3/h4,8-11,16,19H,1,5-7,12-15H2,2-3H3,(H,22,26)(H2,23,24,27). The molecule has 1 heterocycles. The average molecular weight is 373 g/mol. The van der Waals surface area contributed by atoms with Gasteiger partial charge in [-0.1, -0.05) is 26.3 Å². The van der Waals surface area contributed by atoms with Crippen molar-refractivity contribution in [2.24, 2.45) is 5.92 Å². The SMILES string of the molecule is C=CCNC(=O)c1ccc(NC(=O)NCC2CCCCN2CC(C)C)cc1. The molecule has 6 heteroatoms. The van der Waals surface area contributed by atoms with Crippen LogP contribution < -0.4 is 16.0 Å². The first-order valence-electron chi connectivity index (χ1n) is 9.77. The maximum atomic E-state index is 12.2. The van der Waals surface area contributed by atoms with E-state index in [1.165, 1.54) is 12.8 Å². The van der Waals surface area contributed by atoms with Crippen LogP contribution in [0, 0.1) is 5.92 Å². The van der Waals surface area contributed by atoms with Crippen molar-refractivity contribution in [1.82, 2.24) is 15.5 Å². The average Bonchev–Trinajstić information content (AvgIpc) is 2.65. The van der Waals surface area contributed by atoms with Crippen LogP contribution in [0.2, 0.25) is 0 Å². The maximum Gasteiger partial charge on any atom is 0.319 e. The Morgan fingerprint density at radius 1 is 1.22 bits per heavy atom. The predicted octanol–water partition coefficient (Wildman–Crippen LogP) is 3.23. The van der Waals surface area contributed by atoms with Gasteiger partial charge >= 0.3 is 6.03 Å². The Morgan fingerprint density at radius 3 is 2.63 bits per heavy atom. The lowest BCUT2D eigenvalue weighted by atomic mass is 10.0. The van der Waals surface area contributed by atoms with Crippen LogP contribution >= 0.6 is 0 Å². The molecule has 0 bridgehead atoms. The molecule has 0 aromatic heterocycles. The van der Waals surface area contributed by atoms with Gasteiger partial charge in [0.05, 0.1) is 0 Å². The highest BCUT2D eigenvalue weighted by Crippen LogP contribution is 2.18. The van der Waals surface area contributed by atoms with Crippen LogP contribution in [-0.4, -0.2) is 49.1 Å². The van der Waals surface area contributed by atoms with Crippen LogP contribution in [0.1, 0.15) is 43.5 Å². The van der Waals surface area contributed by atoms with Crippen molar-refractivity contribution >= 4 is 17.6 Å². The van der Waals surface area contributed by atoms with Crippen molar-refractivity contribution in [2.75, 3.05) is 31.5 Å². The molecular formula is C21H32N4O2. The van der Waals surface area contributed by atoms with Crippen molar-refractivity contribution in [3.8, 4) is 0 Å². The molecule has 2 rings (SSSR count). The Kier molecular flexibility index (Phi) is 8.33. The Labute approximate surface area is 162 Å². The van der Waals surface area contributed by atoms with Gasteiger partial charge in [-0.25, -0.2) is 4.79 Å². The quantitative estimate of drug-likeness (QED) is 0.614. The van der Waals surface area contributed by atoms with Gasteiger partial charge in [-0.3, -0.25) is 9.69 Å². The Morgan fingerprint density at radius 2 is 1.96 bits per heavy atom. The zero-order chi connectivity index (χ0) is 19.6. The number of anilines is 1. The van der Waals surface area contributed by atoms with E-state index in [0.29, 0.717) is 36.3 Å². The molecule has 0 radical (unpaired) electrons. The summed E-state index contributed by atoms with van der Waals surface area (Å²) >= 11 is 0. The molecule has 1 aliphatic rings. The minimum absolute atomic E-state index is 0.159. The van der Waals surface area contributed by atoms with Gasteiger partial charge in [-0.05, 0) is 49.6 Å². The van der Waals surface area contributed by atoms with E-state index < -0.39 is 0 Å². The van der Waals surface area contributed by atoms with Crippen LogP contribution in [-0.2, 0) is 0 Å². The van der Waals surface area contributed by atoms with Crippen LogP contribution in [0.3, 0.4) is 0 Å². The lowest BCUT2D eigenvalue weighted by molar-refractivity contribution is 0.0958. The number of hydrogen-bond acceptors (Lipinski definition) is 3. The number of carbonyl (C=O) groups excluding carboxylic acids is 2. The van der Waals surface area contributed by atoms with Crippen LogP contribution in [0.5, 0.6) is 0 Å². The third-order valence-corrected chi connectivity index (χ3v) is 4.66. The smallest absolute Gasteiger partial charge is 0.319 e. The number of benzene rings is 1. The lowest BCUT2D eigenvalue weighted by Gasteiger charge is -2.36. The zero-order valence-corrected chi connectivity index (χ0v) is 16.5. The van der Waals surface area contributed by atoms with Crippen molar-refractivity contribution < 1.29 is 9.59 Å². The van der Waals surface area contributed by atoms with Gasteiger partial charge in [0, 0.05) is 36.9 Å². The minimum Gasteiger partial charge on any atom is -0.349 e. The molecular weight excluding hydrogens is 340 g/mol. The number of hydrogen-bond donors (Lipinski definition) is 3. The zero-order valence-electron chi connectivity index (χ0n) is 16.5. The monoisotopic (exact) mass is 372 g/mol. The summed E-state index contributed by atoms with van der Waals surface area (Å²) in [5, 5.41) is 8.54. The summed E-state index contributed by atoms with van der Waals surface area (Å²) in [6.07, 6.45) is 5.22. The first-order chi connectivity index (χ1) is 13.0. The number of urea groups is 1. The van der Waals surface area contributed by atoms with Crippen molar-refractivity contribution in [1.29, 1.82) is 0 Å². The number of rotatable bonds is 8. The van der Waals surface area contributed by atoms with Gasteiger partial charge in [0.2, 0.25) is 0 Å². The molecule has 1 aromatic rings. The van der Waals surface area contributed by atoms with Crippen LogP contribution in [0.4, 0.5) is 10.5 Å². The number of amides is 3. The first kappa shape index (κ1) is 21.0. The topological polar surface area (TPSA) is 73.5 Å². The third-order valence-electron chi connectivity index (χ3n) is 4.66. The summed E-state index contributed by atoms with van der Waals surface area (Å²) in [5.74, 6) is 0.468. The molecule has 148 valence electrons. The summed E-state index contributed by atoms with van der Waals surface area (Å²) in [7, 11) is 0. The Bertz CT molecular complexity index is 628. The molecule has 1 atom stereocenters. The highest BCUT2D eigenvalue weighted by Gasteiger charge is 2.23. The second-order valence-electron chi connectivity index (χ2n) is 7.45. The summed E-state index contributed by atoms with van der Waals surface area (Å²) in [4.78, 5) is 26.6. The van der Waals surface area contributed by atoms with Crippen molar-refractivity contribution in [3.05, 3.63) is 42.5 Å². The Hall–Kier alpha value is -2.34. The molecule has 1 unspecified atom stereocenters. The maximum absolute atomic E-state index is 12.2.